The summed E-state index contributed by atoms with van der Waals surface area (Å²) >= 11 is 1.61. The van der Waals surface area contributed by atoms with Gasteiger partial charge in [-0.05, 0) is 23.3 Å². The summed E-state index contributed by atoms with van der Waals surface area (Å²) in [6, 6.07) is 17.7. The minimum atomic E-state index is -0.0866. The average molecular weight is 397 g/mol. The molecule has 1 amide bonds. The van der Waals surface area contributed by atoms with Crippen molar-refractivity contribution in [2.24, 2.45) is 7.05 Å². The Bertz CT molecular complexity index is 895. The Hall–Kier alpha value is -2.64. The van der Waals surface area contributed by atoms with Crippen LogP contribution in [0.4, 0.5) is 0 Å². The maximum atomic E-state index is 12.4. The van der Waals surface area contributed by atoms with E-state index >= 15 is 0 Å². The van der Waals surface area contributed by atoms with E-state index in [9.17, 15) is 4.79 Å². The summed E-state index contributed by atoms with van der Waals surface area (Å²) in [6.45, 7) is 1.18. The molecule has 28 heavy (non-hydrogen) atoms. The van der Waals surface area contributed by atoms with Gasteiger partial charge in [0.2, 0.25) is 0 Å². The van der Waals surface area contributed by atoms with Gasteiger partial charge in [0.1, 0.15) is 5.82 Å². The van der Waals surface area contributed by atoms with E-state index in [0.29, 0.717) is 25.1 Å². The Labute approximate surface area is 169 Å². The first kappa shape index (κ1) is 20.1. The molecule has 0 saturated carbocycles. The smallest absolute Gasteiger partial charge is 0.251 e. The lowest BCUT2D eigenvalue weighted by molar-refractivity contribution is 0.0954. The van der Waals surface area contributed by atoms with Gasteiger partial charge in [-0.2, -0.15) is 0 Å². The van der Waals surface area contributed by atoms with Crippen molar-refractivity contribution in [1.82, 2.24) is 20.1 Å². The molecule has 6 nitrogen and oxygen atoms in total. The lowest BCUT2D eigenvalue weighted by Gasteiger charge is -2.07. The minimum Gasteiger partial charge on any atom is -0.384 e. The molecule has 2 aromatic carbocycles. The van der Waals surface area contributed by atoms with E-state index in [2.05, 4.69) is 27.6 Å². The normalized spacial score (nSPS) is 10.8. The van der Waals surface area contributed by atoms with Gasteiger partial charge in [-0.1, -0.05) is 54.2 Å². The monoisotopic (exact) mass is 396 g/mol. The first-order chi connectivity index (χ1) is 13.7. The Balaban J connectivity index is 1.51. The molecule has 7 heteroatoms. The largest absolute Gasteiger partial charge is 0.384 e. The number of thioether (sulfide) groups is 1. The van der Waals surface area contributed by atoms with Crippen LogP contribution in [0.15, 0.2) is 59.8 Å². The molecule has 1 heterocycles. The highest BCUT2D eigenvalue weighted by Crippen LogP contribution is 2.19. The van der Waals surface area contributed by atoms with Crippen LogP contribution in [0.3, 0.4) is 0 Å². The Morgan fingerprint density at radius 3 is 2.50 bits per heavy atom. The quantitative estimate of drug-likeness (QED) is 0.444. The third-order valence-corrected chi connectivity index (χ3v) is 5.32. The summed E-state index contributed by atoms with van der Waals surface area (Å²) in [6.07, 6.45) is 0.627. The third-order valence-electron chi connectivity index (χ3n) is 4.33. The van der Waals surface area contributed by atoms with Crippen LogP contribution in [0, 0.1) is 0 Å². The van der Waals surface area contributed by atoms with Crippen LogP contribution in [0.2, 0.25) is 0 Å². The summed E-state index contributed by atoms with van der Waals surface area (Å²) in [5, 5.41) is 12.2. The molecular formula is C21H24N4O2S. The zero-order valence-corrected chi connectivity index (χ0v) is 16.9. The Morgan fingerprint density at radius 1 is 1.07 bits per heavy atom. The zero-order valence-electron chi connectivity index (χ0n) is 16.1. The number of ether oxygens (including phenoxy) is 1. The van der Waals surface area contributed by atoms with Crippen molar-refractivity contribution in [3.8, 4) is 11.1 Å². The second-order valence-electron chi connectivity index (χ2n) is 6.25. The van der Waals surface area contributed by atoms with E-state index in [-0.39, 0.29) is 5.91 Å². The molecule has 0 aliphatic heterocycles. The lowest BCUT2D eigenvalue weighted by atomic mass is 10.0. The molecular weight excluding hydrogens is 372 g/mol. The molecule has 3 rings (SSSR count). The fourth-order valence-corrected chi connectivity index (χ4v) is 3.57. The van der Waals surface area contributed by atoms with E-state index in [0.717, 1.165) is 27.9 Å². The molecule has 0 aliphatic rings. The minimum absolute atomic E-state index is 0.0866. The van der Waals surface area contributed by atoms with Crippen LogP contribution in [-0.2, 0) is 18.2 Å². The van der Waals surface area contributed by atoms with Crippen molar-refractivity contribution in [1.29, 1.82) is 0 Å². The molecule has 0 radical (unpaired) electrons. The number of methoxy groups -OCH3 is 1. The van der Waals surface area contributed by atoms with Gasteiger partial charge in [-0.3, -0.25) is 4.79 Å². The molecule has 3 aromatic rings. The number of carbonyl (C=O) groups excluding carboxylic acids is 1. The number of amides is 1. The van der Waals surface area contributed by atoms with Crippen LogP contribution >= 0.6 is 11.8 Å². The van der Waals surface area contributed by atoms with Crippen molar-refractivity contribution in [3.05, 3.63) is 66.0 Å². The standard InChI is InChI=1S/C21H24N4O2S/c1-25-19(23-24-21(25)28-15-14-27-2)12-13-22-20(26)18-10-8-17(9-11-18)16-6-4-3-5-7-16/h3-11H,12-15H2,1-2H3,(H,22,26). The van der Waals surface area contributed by atoms with Gasteiger partial charge in [-0.15, -0.1) is 10.2 Å². The van der Waals surface area contributed by atoms with E-state index in [1.807, 2.05) is 54.1 Å². The number of rotatable bonds is 9. The number of hydrogen-bond donors (Lipinski definition) is 1. The van der Waals surface area contributed by atoms with Gasteiger partial charge in [0.15, 0.2) is 5.16 Å². The Morgan fingerprint density at radius 2 is 1.79 bits per heavy atom. The molecule has 0 spiro atoms. The van der Waals surface area contributed by atoms with Crippen LogP contribution in [0.1, 0.15) is 16.2 Å². The second kappa shape index (κ2) is 10.1. The highest BCUT2D eigenvalue weighted by atomic mass is 32.2. The molecule has 0 unspecified atom stereocenters. The number of carbonyl (C=O) groups is 1. The van der Waals surface area contributed by atoms with Gasteiger partial charge in [0.05, 0.1) is 6.61 Å². The molecule has 146 valence electrons. The number of hydrogen-bond acceptors (Lipinski definition) is 5. The van der Waals surface area contributed by atoms with Crippen LogP contribution in [-0.4, -0.2) is 46.7 Å². The van der Waals surface area contributed by atoms with Crippen LogP contribution in [0.25, 0.3) is 11.1 Å². The fourth-order valence-electron chi connectivity index (χ4n) is 2.74. The summed E-state index contributed by atoms with van der Waals surface area (Å²) in [4.78, 5) is 12.4. The van der Waals surface area contributed by atoms with Crippen molar-refractivity contribution in [2.45, 2.75) is 11.6 Å². The molecule has 1 aromatic heterocycles. The van der Waals surface area contributed by atoms with Gasteiger partial charge in [0.25, 0.3) is 5.91 Å². The van der Waals surface area contributed by atoms with E-state index < -0.39 is 0 Å². The van der Waals surface area contributed by atoms with E-state index in [1.54, 1.807) is 18.9 Å². The number of aromatic nitrogens is 3. The second-order valence-corrected chi connectivity index (χ2v) is 7.31. The van der Waals surface area contributed by atoms with Crippen LogP contribution in [0.5, 0.6) is 0 Å². The van der Waals surface area contributed by atoms with Crippen molar-refractivity contribution < 1.29 is 9.53 Å². The Kier molecular flexibility index (Phi) is 7.22. The summed E-state index contributed by atoms with van der Waals surface area (Å²) < 4.78 is 7.01. The van der Waals surface area contributed by atoms with Gasteiger partial charge < -0.3 is 14.6 Å². The maximum absolute atomic E-state index is 12.4. The molecule has 0 fully saturated rings. The van der Waals surface area contributed by atoms with E-state index in [4.69, 9.17) is 4.74 Å². The van der Waals surface area contributed by atoms with Gasteiger partial charge in [-0.25, -0.2) is 0 Å². The molecule has 0 atom stereocenters. The lowest BCUT2D eigenvalue weighted by Crippen LogP contribution is -2.26. The fraction of sp³-hybridized carbons (Fsp3) is 0.286. The zero-order chi connectivity index (χ0) is 19.8. The van der Waals surface area contributed by atoms with Crippen molar-refractivity contribution >= 4 is 17.7 Å². The van der Waals surface area contributed by atoms with E-state index in [1.165, 1.54) is 0 Å². The van der Waals surface area contributed by atoms with Crippen molar-refractivity contribution in [2.75, 3.05) is 26.0 Å². The number of nitrogens with one attached hydrogen (secondary N) is 1. The topological polar surface area (TPSA) is 69.0 Å². The molecule has 0 aliphatic carbocycles. The summed E-state index contributed by atoms with van der Waals surface area (Å²) in [5.41, 5.74) is 2.87. The number of benzene rings is 2. The average Bonchev–Trinajstić information content (AvgIpc) is 3.08. The van der Waals surface area contributed by atoms with Gasteiger partial charge in [0, 0.05) is 38.4 Å². The maximum Gasteiger partial charge on any atom is 0.251 e. The summed E-state index contributed by atoms with van der Waals surface area (Å²) in [5.74, 6) is 1.59. The highest BCUT2D eigenvalue weighted by molar-refractivity contribution is 7.99. The first-order valence-corrected chi connectivity index (χ1v) is 10.1. The van der Waals surface area contributed by atoms with Crippen molar-refractivity contribution in [3.63, 3.8) is 0 Å². The third kappa shape index (κ3) is 5.21. The highest BCUT2D eigenvalue weighted by Gasteiger charge is 2.10. The summed E-state index contributed by atoms with van der Waals surface area (Å²) in [7, 11) is 3.62. The molecule has 1 N–H and O–H groups in total. The predicted molar refractivity (Wildman–Crippen MR) is 112 cm³/mol. The molecule has 0 bridgehead atoms. The van der Waals surface area contributed by atoms with Gasteiger partial charge >= 0.3 is 0 Å². The first-order valence-electron chi connectivity index (χ1n) is 9.12. The molecule has 0 saturated heterocycles. The SMILES string of the molecule is COCCSc1nnc(CCNC(=O)c2ccc(-c3ccccc3)cc2)n1C. The number of nitrogens with zero attached hydrogens (tertiary/aromatic N) is 3. The predicted octanol–water partition coefficient (Wildman–Crippen LogP) is 3.19. The van der Waals surface area contributed by atoms with Crippen LogP contribution < -0.4 is 5.32 Å².